The van der Waals surface area contributed by atoms with Crippen LogP contribution < -0.4 is 0 Å². The number of ether oxygens (including phenoxy) is 2. The monoisotopic (exact) mass is 307 g/mol. The van der Waals surface area contributed by atoms with Crippen molar-refractivity contribution in [2.24, 2.45) is 5.92 Å². The van der Waals surface area contributed by atoms with Gasteiger partial charge in [0.05, 0.1) is 13.2 Å². The van der Waals surface area contributed by atoms with E-state index in [2.05, 4.69) is 11.9 Å². The van der Waals surface area contributed by atoms with E-state index >= 15 is 0 Å². The lowest BCUT2D eigenvalue weighted by molar-refractivity contribution is 0.0450. The number of carbonyl (C=O) groups is 2. The first-order valence-electron chi connectivity index (χ1n) is 7.86. The molecule has 1 aromatic rings. The topological polar surface area (TPSA) is 65.5 Å². The fourth-order valence-corrected chi connectivity index (χ4v) is 1.75. The van der Waals surface area contributed by atoms with Crippen LogP contribution in [0.25, 0.3) is 0 Å². The van der Waals surface area contributed by atoms with Gasteiger partial charge in [0, 0.05) is 0 Å². The van der Waals surface area contributed by atoms with Crippen LogP contribution >= 0.6 is 0 Å². The highest BCUT2D eigenvalue weighted by atomic mass is 16.5. The maximum atomic E-state index is 11.9. The summed E-state index contributed by atoms with van der Waals surface area (Å²) >= 11 is 0. The number of esters is 2. The summed E-state index contributed by atoms with van der Waals surface area (Å²) in [5.41, 5.74) is 0.260. The van der Waals surface area contributed by atoms with Crippen molar-refractivity contribution in [3.63, 3.8) is 0 Å². The Labute approximate surface area is 132 Å². The number of nitrogens with zero attached hydrogens (tertiary/aromatic N) is 1. The molecule has 0 radical (unpaired) electrons. The molecule has 0 aromatic carbocycles. The maximum Gasteiger partial charge on any atom is 0.356 e. The molecule has 1 aromatic heterocycles. The standard InChI is InChI=1S/C17H25NO4/c1-4-5-6-7-11-21-16(19)14-9-8-10-15(18-14)17(20)22-12-13(2)3/h8-10,13H,4-7,11-12H2,1-3H3. The molecule has 122 valence electrons. The van der Waals surface area contributed by atoms with Crippen molar-refractivity contribution in [3.05, 3.63) is 29.6 Å². The van der Waals surface area contributed by atoms with E-state index in [9.17, 15) is 9.59 Å². The van der Waals surface area contributed by atoms with Crippen molar-refractivity contribution in [1.82, 2.24) is 4.98 Å². The van der Waals surface area contributed by atoms with Crippen molar-refractivity contribution < 1.29 is 19.1 Å². The van der Waals surface area contributed by atoms with Crippen molar-refractivity contribution in [1.29, 1.82) is 0 Å². The SMILES string of the molecule is CCCCCCOC(=O)c1cccc(C(=O)OCC(C)C)n1. The van der Waals surface area contributed by atoms with Crippen LogP contribution in [0.15, 0.2) is 18.2 Å². The van der Waals surface area contributed by atoms with Crippen LogP contribution in [0.2, 0.25) is 0 Å². The van der Waals surface area contributed by atoms with Gasteiger partial charge < -0.3 is 9.47 Å². The maximum absolute atomic E-state index is 11.9. The first kappa shape index (κ1) is 18.1. The van der Waals surface area contributed by atoms with Crippen LogP contribution in [0, 0.1) is 5.92 Å². The number of pyridine rings is 1. The second kappa shape index (κ2) is 9.92. The van der Waals surface area contributed by atoms with Gasteiger partial charge in [-0.15, -0.1) is 0 Å². The zero-order chi connectivity index (χ0) is 16.4. The van der Waals surface area contributed by atoms with Crippen molar-refractivity contribution in [2.75, 3.05) is 13.2 Å². The molecule has 0 aliphatic carbocycles. The minimum absolute atomic E-state index is 0.126. The Morgan fingerprint density at radius 1 is 1.05 bits per heavy atom. The molecule has 5 nitrogen and oxygen atoms in total. The van der Waals surface area contributed by atoms with E-state index in [0.29, 0.717) is 13.2 Å². The van der Waals surface area contributed by atoms with Crippen LogP contribution in [0.1, 0.15) is 67.4 Å². The zero-order valence-electron chi connectivity index (χ0n) is 13.6. The number of hydrogen-bond acceptors (Lipinski definition) is 5. The van der Waals surface area contributed by atoms with Crippen LogP contribution in [-0.4, -0.2) is 30.1 Å². The number of hydrogen-bond donors (Lipinski definition) is 0. The summed E-state index contributed by atoms with van der Waals surface area (Å²) in [5, 5.41) is 0. The lowest BCUT2D eigenvalue weighted by Crippen LogP contribution is -2.15. The van der Waals surface area contributed by atoms with Gasteiger partial charge in [-0.25, -0.2) is 14.6 Å². The third kappa shape index (κ3) is 6.70. The van der Waals surface area contributed by atoms with Gasteiger partial charge in [-0.3, -0.25) is 0 Å². The van der Waals surface area contributed by atoms with E-state index in [1.54, 1.807) is 6.07 Å². The average molecular weight is 307 g/mol. The molecule has 0 amide bonds. The summed E-state index contributed by atoms with van der Waals surface area (Å²) in [4.78, 5) is 27.7. The van der Waals surface area contributed by atoms with Gasteiger partial charge >= 0.3 is 11.9 Å². The smallest absolute Gasteiger partial charge is 0.356 e. The van der Waals surface area contributed by atoms with Gasteiger partial charge in [0.25, 0.3) is 0 Å². The third-order valence-electron chi connectivity index (χ3n) is 2.95. The minimum Gasteiger partial charge on any atom is -0.461 e. The largest absolute Gasteiger partial charge is 0.461 e. The molecule has 0 aliphatic rings. The van der Waals surface area contributed by atoms with Gasteiger partial charge in [0.15, 0.2) is 0 Å². The number of unbranched alkanes of at least 4 members (excludes halogenated alkanes) is 3. The van der Waals surface area contributed by atoms with Crippen molar-refractivity contribution in [3.8, 4) is 0 Å². The van der Waals surface area contributed by atoms with Crippen LogP contribution in [0.5, 0.6) is 0 Å². The second-order valence-electron chi connectivity index (χ2n) is 5.60. The predicted molar refractivity (Wildman–Crippen MR) is 83.8 cm³/mol. The number of aromatic nitrogens is 1. The summed E-state index contributed by atoms with van der Waals surface area (Å²) in [6, 6.07) is 4.67. The molecular weight excluding hydrogens is 282 g/mol. The molecule has 1 rings (SSSR count). The molecule has 0 bridgehead atoms. The molecule has 0 spiro atoms. The summed E-state index contributed by atoms with van der Waals surface area (Å²) < 4.78 is 10.3. The fourth-order valence-electron chi connectivity index (χ4n) is 1.75. The Morgan fingerprint density at radius 2 is 1.68 bits per heavy atom. The summed E-state index contributed by atoms with van der Waals surface area (Å²) in [7, 11) is 0. The highest BCUT2D eigenvalue weighted by Crippen LogP contribution is 2.06. The van der Waals surface area contributed by atoms with Gasteiger partial charge in [-0.05, 0) is 24.5 Å². The van der Waals surface area contributed by atoms with E-state index in [1.165, 1.54) is 12.1 Å². The third-order valence-corrected chi connectivity index (χ3v) is 2.95. The Hall–Kier alpha value is -1.91. The van der Waals surface area contributed by atoms with E-state index in [0.717, 1.165) is 25.7 Å². The molecule has 1 heterocycles. The van der Waals surface area contributed by atoms with Gasteiger partial charge in [-0.2, -0.15) is 0 Å². The molecule has 0 saturated heterocycles. The molecular formula is C17H25NO4. The first-order chi connectivity index (χ1) is 10.5. The quantitative estimate of drug-likeness (QED) is 0.515. The molecule has 0 N–H and O–H groups in total. The molecule has 0 fully saturated rings. The minimum atomic E-state index is -0.522. The Kier molecular flexibility index (Phi) is 8.18. The molecule has 0 saturated carbocycles. The lowest BCUT2D eigenvalue weighted by atomic mass is 10.2. The second-order valence-corrected chi connectivity index (χ2v) is 5.60. The van der Waals surface area contributed by atoms with E-state index in [4.69, 9.17) is 9.47 Å². The summed E-state index contributed by atoms with van der Waals surface area (Å²) in [6.45, 7) is 6.73. The first-order valence-corrected chi connectivity index (χ1v) is 7.86. The molecule has 22 heavy (non-hydrogen) atoms. The van der Waals surface area contributed by atoms with Gasteiger partial charge in [0.2, 0.25) is 0 Å². The molecule has 0 unspecified atom stereocenters. The van der Waals surface area contributed by atoms with Crippen LogP contribution in [-0.2, 0) is 9.47 Å². The van der Waals surface area contributed by atoms with E-state index < -0.39 is 11.9 Å². The van der Waals surface area contributed by atoms with Crippen LogP contribution in [0.4, 0.5) is 0 Å². The highest BCUT2D eigenvalue weighted by Gasteiger charge is 2.14. The van der Waals surface area contributed by atoms with Crippen molar-refractivity contribution >= 4 is 11.9 Å². The van der Waals surface area contributed by atoms with Gasteiger partial charge in [-0.1, -0.05) is 46.1 Å². The Bertz CT molecular complexity index is 485. The van der Waals surface area contributed by atoms with Gasteiger partial charge in [0.1, 0.15) is 11.4 Å². The summed E-state index contributed by atoms with van der Waals surface area (Å²) in [6.07, 6.45) is 4.15. The average Bonchev–Trinajstić information content (AvgIpc) is 2.52. The normalized spacial score (nSPS) is 10.5. The van der Waals surface area contributed by atoms with Crippen LogP contribution in [0.3, 0.4) is 0 Å². The van der Waals surface area contributed by atoms with E-state index in [1.807, 2.05) is 13.8 Å². The van der Waals surface area contributed by atoms with Crippen molar-refractivity contribution in [2.45, 2.75) is 46.5 Å². The zero-order valence-corrected chi connectivity index (χ0v) is 13.6. The Morgan fingerprint density at radius 3 is 2.27 bits per heavy atom. The highest BCUT2D eigenvalue weighted by molar-refractivity contribution is 5.91. The fraction of sp³-hybridized carbons (Fsp3) is 0.588. The number of carbonyl (C=O) groups excluding carboxylic acids is 2. The Balaban J connectivity index is 2.52. The molecule has 0 atom stereocenters. The van der Waals surface area contributed by atoms with E-state index in [-0.39, 0.29) is 17.3 Å². The lowest BCUT2D eigenvalue weighted by Gasteiger charge is -2.08. The molecule has 0 aliphatic heterocycles. The number of rotatable bonds is 9. The predicted octanol–water partition coefficient (Wildman–Crippen LogP) is 3.63. The molecule has 5 heteroatoms. The summed E-state index contributed by atoms with van der Waals surface area (Å²) in [5.74, 6) is -0.776.